The first-order valence-corrected chi connectivity index (χ1v) is 8.40. The SMILES string of the molecule is CC1CCCC(SCC(=O)N2CCCNCC2)C1. The molecule has 1 amide bonds. The molecule has 1 saturated carbocycles. The number of rotatable bonds is 3. The summed E-state index contributed by atoms with van der Waals surface area (Å²) >= 11 is 1.90. The van der Waals surface area contributed by atoms with E-state index in [1.807, 2.05) is 16.7 Å². The zero-order chi connectivity index (χ0) is 12.8. The zero-order valence-corrected chi connectivity index (χ0v) is 12.3. The molecule has 1 aliphatic heterocycles. The molecule has 0 radical (unpaired) electrons. The van der Waals surface area contributed by atoms with Gasteiger partial charge < -0.3 is 10.2 Å². The van der Waals surface area contributed by atoms with Crippen molar-refractivity contribution in [3.05, 3.63) is 0 Å². The van der Waals surface area contributed by atoms with E-state index in [2.05, 4.69) is 12.2 Å². The molecule has 4 heteroatoms. The fourth-order valence-electron chi connectivity index (χ4n) is 2.91. The Hall–Kier alpha value is -0.220. The monoisotopic (exact) mass is 270 g/mol. The lowest BCUT2D eigenvalue weighted by molar-refractivity contribution is -0.128. The Kier molecular flexibility index (Phi) is 5.83. The fourth-order valence-corrected chi connectivity index (χ4v) is 4.26. The highest BCUT2D eigenvalue weighted by molar-refractivity contribution is 8.00. The first-order valence-electron chi connectivity index (χ1n) is 7.36. The third-order valence-electron chi connectivity index (χ3n) is 4.02. The smallest absolute Gasteiger partial charge is 0.232 e. The van der Waals surface area contributed by atoms with Gasteiger partial charge in [0.1, 0.15) is 0 Å². The molecule has 1 saturated heterocycles. The van der Waals surface area contributed by atoms with Crippen LogP contribution in [0.4, 0.5) is 0 Å². The Balaban J connectivity index is 1.70. The summed E-state index contributed by atoms with van der Waals surface area (Å²) in [5.41, 5.74) is 0. The van der Waals surface area contributed by atoms with Crippen molar-refractivity contribution in [2.24, 2.45) is 5.92 Å². The van der Waals surface area contributed by atoms with Gasteiger partial charge in [0.15, 0.2) is 0 Å². The zero-order valence-electron chi connectivity index (χ0n) is 11.5. The molecule has 0 spiro atoms. The number of nitrogens with one attached hydrogen (secondary N) is 1. The van der Waals surface area contributed by atoms with Gasteiger partial charge >= 0.3 is 0 Å². The topological polar surface area (TPSA) is 32.3 Å². The summed E-state index contributed by atoms with van der Waals surface area (Å²) in [4.78, 5) is 14.2. The molecule has 0 bridgehead atoms. The molecule has 18 heavy (non-hydrogen) atoms. The quantitative estimate of drug-likeness (QED) is 0.852. The molecule has 1 aliphatic carbocycles. The molecule has 104 valence electrons. The van der Waals surface area contributed by atoms with Crippen LogP contribution in [0.3, 0.4) is 0 Å². The molecule has 2 rings (SSSR count). The fraction of sp³-hybridized carbons (Fsp3) is 0.929. The molecule has 1 heterocycles. The van der Waals surface area contributed by atoms with Crippen molar-refractivity contribution in [2.75, 3.05) is 31.9 Å². The molecule has 1 N–H and O–H groups in total. The summed E-state index contributed by atoms with van der Waals surface area (Å²) in [5.74, 6) is 1.90. The molecule has 0 aromatic heterocycles. The number of hydrogen-bond donors (Lipinski definition) is 1. The van der Waals surface area contributed by atoms with Gasteiger partial charge in [-0.15, -0.1) is 11.8 Å². The van der Waals surface area contributed by atoms with Gasteiger partial charge in [-0.3, -0.25) is 4.79 Å². The highest BCUT2D eigenvalue weighted by Gasteiger charge is 2.21. The van der Waals surface area contributed by atoms with Crippen LogP contribution in [0, 0.1) is 5.92 Å². The highest BCUT2D eigenvalue weighted by Crippen LogP contribution is 2.31. The maximum atomic E-state index is 12.2. The minimum Gasteiger partial charge on any atom is -0.341 e. The predicted octanol–water partition coefficient (Wildman–Crippen LogP) is 2.12. The van der Waals surface area contributed by atoms with Gasteiger partial charge in [-0.25, -0.2) is 0 Å². The number of hydrogen-bond acceptors (Lipinski definition) is 3. The van der Waals surface area contributed by atoms with Crippen LogP contribution in [0.25, 0.3) is 0 Å². The van der Waals surface area contributed by atoms with E-state index in [1.54, 1.807) is 0 Å². The predicted molar refractivity (Wildman–Crippen MR) is 77.9 cm³/mol. The van der Waals surface area contributed by atoms with Crippen molar-refractivity contribution in [3.63, 3.8) is 0 Å². The maximum absolute atomic E-state index is 12.2. The van der Waals surface area contributed by atoms with Gasteiger partial charge in [0.25, 0.3) is 0 Å². The van der Waals surface area contributed by atoms with E-state index in [4.69, 9.17) is 0 Å². The van der Waals surface area contributed by atoms with Crippen LogP contribution in [-0.4, -0.2) is 48.0 Å². The van der Waals surface area contributed by atoms with Crippen molar-refractivity contribution >= 4 is 17.7 Å². The molecular formula is C14H26N2OS. The second-order valence-electron chi connectivity index (χ2n) is 5.69. The van der Waals surface area contributed by atoms with Gasteiger partial charge in [-0.05, 0) is 31.7 Å². The summed E-state index contributed by atoms with van der Waals surface area (Å²) in [7, 11) is 0. The summed E-state index contributed by atoms with van der Waals surface area (Å²) in [6, 6.07) is 0. The Bertz CT molecular complexity index is 265. The van der Waals surface area contributed by atoms with Crippen LogP contribution >= 0.6 is 11.8 Å². The molecule has 3 nitrogen and oxygen atoms in total. The first kappa shape index (κ1) is 14.2. The number of carbonyl (C=O) groups excluding carboxylic acids is 1. The molecular weight excluding hydrogens is 244 g/mol. The number of thioether (sulfide) groups is 1. The Morgan fingerprint density at radius 2 is 2.17 bits per heavy atom. The molecule has 2 aliphatic rings. The lowest BCUT2D eigenvalue weighted by Gasteiger charge is -2.27. The molecule has 2 fully saturated rings. The van der Waals surface area contributed by atoms with Crippen molar-refractivity contribution in [1.29, 1.82) is 0 Å². The average Bonchev–Trinajstić information content (AvgIpc) is 2.65. The van der Waals surface area contributed by atoms with Crippen LogP contribution in [-0.2, 0) is 4.79 Å². The van der Waals surface area contributed by atoms with E-state index in [0.717, 1.165) is 43.8 Å². The standard InChI is InChI=1S/C14H26N2OS/c1-12-4-2-5-13(10-12)18-11-14(17)16-8-3-6-15-7-9-16/h12-13,15H,2-11H2,1H3. The van der Waals surface area contributed by atoms with Crippen molar-refractivity contribution in [3.8, 4) is 0 Å². The molecule has 2 atom stereocenters. The lowest BCUT2D eigenvalue weighted by Crippen LogP contribution is -2.35. The maximum Gasteiger partial charge on any atom is 0.232 e. The van der Waals surface area contributed by atoms with Gasteiger partial charge in [0.2, 0.25) is 5.91 Å². The second kappa shape index (κ2) is 7.39. The molecule has 2 unspecified atom stereocenters. The van der Waals surface area contributed by atoms with E-state index in [9.17, 15) is 4.79 Å². The Labute approximate surface area is 115 Å². The van der Waals surface area contributed by atoms with E-state index in [-0.39, 0.29) is 0 Å². The van der Waals surface area contributed by atoms with Crippen LogP contribution < -0.4 is 5.32 Å². The van der Waals surface area contributed by atoms with Gasteiger partial charge in [-0.2, -0.15) is 0 Å². The highest BCUT2D eigenvalue weighted by atomic mass is 32.2. The largest absolute Gasteiger partial charge is 0.341 e. The minimum absolute atomic E-state index is 0.349. The molecule has 0 aromatic carbocycles. The first-order chi connectivity index (χ1) is 8.75. The van der Waals surface area contributed by atoms with Gasteiger partial charge in [0.05, 0.1) is 5.75 Å². The third kappa shape index (κ3) is 4.47. The van der Waals surface area contributed by atoms with Gasteiger partial charge in [-0.1, -0.05) is 19.8 Å². The Morgan fingerprint density at radius 1 is 1.28 bits per heavy atom. The number of nitrogens with zero attached hydrogens (tertiary/aromatic N) is 1. The van der Waals surface area contributed by atoms with E-state index >= 15 is 0 Å². The summed E-state index contributed by atoms with van der Waals surface area (Å²) in [5, 5.41) is 4.07. The van der Waals surface area contributed by atoms with E-state index < -0.39 is 0 Å². The third-order valence-corrected chi connectivity index (χ3v) is 5.34. The second-order valence-corrected chi connectivity index (χ2v) is 6.98. The average molecular weight is 270 g/mol. The van der Waals surface area contributed by atoms with Crippen molar-refractivity contribution < 1.29 is 4.79 Å². The lowest BCUT2D eigenvalue weighted by atomic mass is 9.91. The van der Waals surface area contributed by atoms with Crippen LogP contribution in [0.2, 0.25) is 0 Å². The van der Waals surface area contributed by atoms with Crippen LogP contribution in [0.15, 0.2) is 0 Å². The van der Waals surface area contributed by atoms with Crippen LogP contribution in [0.1, 0.15) is 39.0 Å². The van der Waals surface area contributed by atoms with Crippen molar-refractivity contribution in [1.82, 2.24) is 10.2 Å². The summed E-state index contributed by atoms with van der Waals surface area (Å²) in [6.07, 6.45) is 6.43. The molecule has 0 aromatic rings. The normalized spacial score (nSPS) is 29.9. The summed E-state index contributed by atoms with van der Waals surface area (Å²) in [6.45, 7) is 6.18. The number of carbonyl (C=O) groups is 1. The minimum atomic E-state index is 0.349. The Morgan fingerprint density at radius 3 is 3.00 bits per heavy atom. The van der Waals surface area contributed by atoms with E-state index in [0.29, 0.717) is 11.7 Å². The summed E-state index contributed by atoms with van der Waals surface area (Å²) < 4.78 is 0. The number of amides is 1. The van der Waals surface area contributed by atoms with Crippen molar-refractivity contribution in [2.45, 2.75) is 44.3 Å². The van der Waals surface area contributed by atoms with Crippen LogP contribution in [0.5, 0.6) is 0 Å². The van der Waals surface area contributed by atoms with E-state index in [1.165, 1.54) is 25.7 Å². The van der Waals surface area contributed by atoms with Gasteiger partial charge in [0, 0.05) is 24.9 Å².